The average Bonchev–Trinajstić information content (AvgIpc) is 2.35. The molecule has 3 heteroatoms. The van der Waals surface area contributed by atoms with Gasteiger partial charge in [0.15, 0.2) is 0 Å². The lowest BCUT2D eigenvalue weighted by molar-refractivity contribution is -0.116. The van der Waals surface area contributed by atoms with Gasteiger partial charge in [-0.05, 0) is 48.4 Å². The Bertz CT molecular complexity index is 440. The number of carbonyl (C=O) groups is 1. The molecule has 0 bridgehead atoms. The van der Waals surface area contributed by atoms with E-state index in [1.165, 1.54) is 11.1 Å². The molecule has 1 aliphatic rings. The smallest absolute Gasteiger partial charge is 0.224 e. The number of aryl methyl sites for hydroxylation is 1. The van der Waals surface area contributed by atoms with E-state index in [-0.39, 0.29) is 5.91 Å². The first-order chi connectivity index (χ1) is 8.60. The maximum atomic E-state index is 11.3. The summed E-state index contributed by atoms with van der Waals surface area (Å²) in [5.41, 5.74) is 9.38. The van der Waals surface area contributed by atoms with Crippen molar-refractivity contribution in [3.05, 3.63) is 29.3 Å². The predicted octanol–water partition coefficient (Wildman–Crippen LogP) is 2.34. The zero-order valence-electron chi connectivity index (χ0n) is 11.2. The van der Waals surface area contributed by atoms with Gasteiger partial charge in [-0.15, -0.1) is 0 Å². The van der Waals surface area contributed by atoms with Crippen LogP contribution in [0.25, 0.3) is 0 Å². The third-order valence-electron chi connectivity index (χ3n) is 3.81. The minimum absolute atomic E-state index is 0.122. The monoisotopic (exact) mass is 246 g/mol. The largest absolute Gasteiger partial charge is 0.330 e. The Hall–Kier alpha value is -1.35. The summed E-state index contributed by atoms with van der Waals surface area (Å²) in [4.78, 5) is 11.3. The van der Waals surface area contributed by atoms with E-state index < -0.39 is 0 Å². The van der Waals surface area contributed by atoms with Crippen molar-refractivity contribution in [2.24, 2.45) is 17.6 Å². The van der Waals surface area contributed by atoms with Crippen molar-refractivity contribution in [1.82, 2.24) is 0 Å². The lowest BCUT2D eigenvalue weighted by atomic mass is 9.88. The van der Waals surface area contributed by atoms with Crippen LogP contribution >= 0.6 is 0 Å². The molecular weight excluding hydrogens is 224 g/mol. The van der Waals surface area contributed by atoms with Crippen LogP contribution in [0.1, 0.15) is 31.4 Å². The molecule has 1 aromatic rings. The van der Waals surface area contributed by atoms with E-state index >= 15 is 0 Å². The second-order valence-electron chi connectivity index (χ2n) is 5.48. The number of nitrogens with one attached hydrogen (secondary N) is 1. The van der Waals surface area contributed by atoms with Gasteiger partial charge >= 0.3 is 0 Å². The van der Waals surface area contributed by atoms with Crippen molar-refractivity contribution in [3.63, 3.8) is 0 Å². The van der Waals surface area contributed by atoms with Gasteiger partial charge in [-0.3, -0.25) is 4.79 Å². The van der Waals surface area contributed by atoms with Crippen molar-refractivity contribution in [1.29, 1.82) is 0 Å². The van der Waals surface area contributed by atoms with Crippen LogP contribution in [0, 0.1) is 11.8 Å². The molecule has 18 heavy (non-hydrogen) atoms. The molecule has 0 aliphatic carbocycles. The fourth-order valence-electron chi connectivity index (χ4n) is 2.46. The van der Waals surface area contributed by atoms with Crippen LogP contribution in [-0.2, 0) is 17.6 Å². The van der Waals surface area contributed by atoms with Crippen LogP contribution < -0.4 is 11.1 Å². The topological polar surface area (TPSA) is 55.1 Å². The summed E-state index contributed by atoms with van der Waals surface area (Å²) < 4.78 is 0. The highest BCUT2D eigenvalue weighted by molar-refractivity contribution is 5.93. The summed E-state index contributed by atoms with van der Waals surface area (Å²) in [7, 11) is 0. The predicted molar refractivity (Wildman–Crippen MR) is 74.5 cm³/mol. The molecule has 0 spiro atoms. The van der Waals surface area contributed by atoms with Gasteiger partial charge in [0.1, 0.15) is 0 Å². The Kier molecular flexibility index (Phi) is 4.02. The van der Waals surface area contributed by atoms with Gasteiger partial charge in [-0.25, -0.2) is 0 Å². The van der Waals surface area contributed by atoms with Crippen LogP contribution in [0.5, 0.6) is 0 Å². The van der Waals surface area contributed by atoms with Crippen LogP contribution in [0.4, 0.5) is 5.69 Å². The van der Waals surface area contributed by atoms with Gasteiger partial charge in [0.25, 0.3) is 0 Å². The van der Waals surface area contributed by atoms with Crippen LogP contribution in [0.3, 0.4) is 0 Å². The van der Waals surface area contributed by atoms with E-state index in [0.29, 0.717) is 18.3 Å². The van der Waals surface area contributed by atoms with Crippen molar-refractivity contribution in [2.75, 3.05) is 11.9 Å². The maximum Gasteiger partial charge on any atom is 0.224 e. The van der Waals surface area contributed by atoms with Gasteiger partial charge in [-0.1, -0.05) is 26.0 Å². The Balaban J connectivity index is 2.14. The first-order valence-electron chi connectivity index (χ1n) is 6.72. The summed E-state index contributed by atoms with van der Waals surface area (Å²) in [5, 5.41) is 2.91. The van der Waals surface area contributed by atoms with Crippen LogP contribution in [0.15, 0.2) is 18.2 Å². The minimum Gasteiger partial charge on any atom is -0.330 e. The van der Waals surface area contributed by atoms with E-state index in [1.54, 1.807) is 0 Å². The minimum atomic E-state index is 0.122. The van der Waals surface area contributed by atoms with Gasteiger partial charge in [0, 0.05) is 12.1 Å². The number of amides is 1. The summed E-state index contributed by atoms with van der Waals surface area (Å²) in [6, 6.07) is 6.35. The lowest BCUT2D eigenvalue weighted by Crippen LogP contribution is -2.23. The summed E-state index contributed by atoms with van der Waals surface area (Å²) in [6.45, 7) is 5.16. The normalized spacial score (nSPS) is 16.3. The Labute approximate surface area is 109 Å². The van der Waals surface area contributed by atoms with E-state index in [0.717, 1.165) is 25.1 Å². The van der Waals surface area contributed by atoms with E-state index in [9.17, 15) is 4.79 Å². The quantitative estimate of drug-likeness (QED) is 0.856. The van der Waals surface area contributed by atoms with Crippen molar-refractivity contribution in [3.8, 4) is 0 Å². The van der Waals surface area contributed by atoms with Gasteiger partial charge < -0.3 is 11.1 Å². The lowest BCUT2D eigenvalue weighted by Gasteiger charge is -2.21. The van der Waals surface area contributed by atoms with Crippen LogP contribution in [-0.4, -0.2) is 12.5 Å². The molecule has 1 heterocycles. The average molecular weight is 246 g/mol. The fraction of sp³-hybridized carbons (Fsp3) is 0.533. The van der Waals surface area contributed by atoms with E-state index in [1.807, 2.05) is 6.07 Å². The Morgan fingerprint density at radius 3 is 2.78 bits per heavy atom. The standard InChI is InChI=1S/C15H22N2O/c1-10(2)13(9-16)8-11-3-5-14-12(7-11)4-6-15(18)17-14/h3,5,7,10,13H,4,6,8-9,16H2,1-2H3,(H,17,18). The fourth-order valence-corrected chi connectivity index (χ4v) is 2.46. The number of benzene rings is 1. The molecule has 1 atom stereocenters. The number of fused-ring (bicyclic) bond motifs is 1. The first kappa shape index (κ1) is 13.1. The maximum absolute atomic E-state index is 11.3. The molecule has 0 fully saturated rings. The molecule has 1 aliphatic heterocycles. The van der Waals surface area contributed by atoms with Crippen molar-refractivity contribution in [2.45, 2.75) is 33.1 Å². The molecular formula is C15H22N2O. The highest BCUT2D eigenvalue weighted by Gasteiger charge is 2.17. The molecule has 1 aromatic carbocycles. The molecule has 1 amide bonds. The third kappa shape index (κ3) is 2.91. The highest BCUT2D eigenvalue weighted by atomic mass is 16.1. The van der Waals surface area contributed by atoms with Gasteiger partial charge in [0.2, 0.25) is 5.91 Å². The zero-order chi connectivity index (χ0) is 13.1. The van der Waals surface area contributed by atoms with Gasteiger partial charge in [-0.2, -0.15) is 0 Å². The number of nitrogens with two attached hydrogens (primary N) is 1. The summed E-state index contributed by atoms with van der Waals surface area (Å²) >= 11 is 0. The molecule has 3 nitrogen and oxygen atoms in total. The van der Waals surface area contributed by atoms with E-state index in [2.05, 4.69) is 31.3 Å². The molecule has 2 rings (SSSR count). The number of rotatable bonds is 4. The first-order valence-corrected chi connectivity index (χ1v) is 6.72. The second-order valence-corrected chi connectivity index (χ2v) is 5.48. The number of hydrogen-bond donors (Lipinski definition) is 2. The number of anilines is 1. The summed E-state index contributed by atoms with van der Waals surface area (Å²) in [6.07, 6.45) is 2.47. The SMILES string of the molecule is CC(C)C(CN)Cc1ccc2c(c1)CCC(=O)N2. The third-order valence-corrected chi connectivity index (χ3v) is 3.81. The molecule has 1 unspecified atom stereocenters. The van der Waals surface area contributed by atoms with Gasteiger partial charge in [0.05, 0.1) is 0 Å². The molecule has 98 valence electrons. The highest BCUT2D eigenvalue weighted by Crippen LogP contribution is 2.25. The number of carbonyl (C=O) groups excluding carboxylic acids is 1. The molecule has 0 aromatic heterocycles. The molecule has 0 saturated carbocycles. The van der Waals surface area contributed by atoms with Crippen LogP contribution in [0.2, 0.25) is 0 Å². The summed E-state index contributed by atoms with van der Waals surface area (Å²) in [5.74, 6) is 1.25. The Morgan fingerprint density at radius 1 is 1.33 bits per heavy atom. The second kappa shape index (κ2) is 5.53. The molecule has 0 radical (unpaired) electrons. The number of hydrogen-bond acceptors (Lipinski definition) is 2. The molecule has 3 N–H and O–H groups in total. The van der Waals surface area contributed by atoms with E-state index in [4.69, 9.17) is 5.73 Å². The van der Waals surface area contributed by atoms with Crippen molar-refractivity contribution >= 4 is 11.6 Å². The zero-order valence-corrected chi connectivity index (χ0v) is 11.2. The Morgan fingerprint density at radius 2 is 2.11 bits per heavy atom. The molecule has 0 saturated heterocycles. The van der Waals surface area contributed by atoms with Crippen molar-refractivity contribution < 1.29 is 4.79 Å².